The van der Waals surface area contributed by atoms with E-state index in [-0.39, 0.29) is 5.97 Å². The molecule has 0 aliphatic heterocycles. The van der Waals surface area contributed by atoms with Crippen LogP contribution in [0.4, 0.5) is 0 Å². The summed E-state index contributed by atoms with van der Waals surface area (Å²) in [5, 5.41) is 2.09. The van der Waals surface area contributed by atoms with Crippen molar-refractivity contribution in [2.45, 2.75) is 12.7 Å². The lowest BCUT2D eigenvalue weighted by Crippen LogP contribution is -2.06. The van der Waals surface area contributed by atoms with Crippen molar-refractivity contribution in [2.75, 3.05) is 12.4 Å². The Morgan fingerprint density at radius 2 is 2.50 bits per heavy atom. The summed E-state index contributed by atoms with van der Waals surface area (Å²) in [6.45, 7) is 2.28. The first-order chi connectivity index (χ1) is 6.72. The molecule has 0 saturated carbocycles. The maximum Gasteiger partial charge on any atom is 0.315 e. The summed E-state index contributed by atoms with van der Waals surface area (Å²) in [5.41, 5.74) is 1.25. The molecule has 5 heteroatoms. The van der Waals surface area contributed by atoms with Gasteiger partial charge in [-0.15, -0.1) is 23.1 Å². The molecule has 0 spiro atoms. The van der Waals surface area contributed by atoms with E-state index in [1.807, 2.05) is 6.92 Å². The number of carbonyl (C=O) groups is 1. The number of ether oxygens (including phenoxy) is 1. The highest BCUT2D eigenvalue weighted by molar-refractivity contribution is 9.11. The van der Waals surface area contributed by atoms with Crippen LogP contribution in [-0.2, 0) is 15.3 Å². The molecule has 0 N–H and O–H groups in total. The molecule has 0 amide bonds. The first kappa shape index (κ1) is 12.1. The molecular formula is C9H11BrO2S2. The Balaban J connectivity index is 2.18. The van der Waals surface area contributed by atoms with E-state index < -0.39 is 0 Å². The molecule has 0 radical (unpaired) electrons. The quantitative estimate of drug-likeness (QED) is 0.780. The zero-order chi connectivity index (χ0) is 10.4. The number of carbonyl (C=O) groups excluding carboxylic acids is 1. The Hall–Kier alpha value is -0.000000000000000111. The average molecular weight is 295 g/mol. The van der Waals surface area contributed by atoms with Crippen LogP contribution < -0.4 is 0 Å². The molecule has 0 atom stereocenters. The van der Waals surface area contributed by atoms with Gasteiger partial charge in [-0.1, -0.05) is 0 Å². The normalized spacial score (nSPS) is 10.1. The van der Waals surface area contributed by atoms with E-state index in [9.17, 15) is 4.79 Å². The molecule has 1 aromatic heterocycles. The molecule has 1 heterocycles. The summed E-state index contributed by atoms with van der Waals surface area (Å²) < 4.78 is 5.95. The standard InChI is InChI=1S/C9H11BrO2S2/c1-2-12-9(11)6-13-4-7-3-8(10)14-5-7/h3,5H,2,4,6H2,1H3. The van der Waals surface area contributed by atoms with Crippen molar-refractivity contribution in [3.05, 3.63) is 20.8 Å². The number of hydrogen-bond donors (Lipinski definition) is 0. The fourth-order valence-corrected chi connectivity index (χ4v) is 2.95. The minimum absolute atomic E-state index is 0.133. The molecule has 0 aromatic carbocycles. The molecule has 0 aliphatic carbocycles. The van der Waals surface area contributed by atoms with E-state index in [2.05, 4.69) is 27.4 Å². The molecule has 2 nitrogen and oxygen atoms in total. The van der Waals surface area contributed by atoms with Crippen LogP contribution in [0.15, 0.2) is 15.2 Å². The number of hydrogen-bond acceptors (Lipinski definition) is 4. The highest BCUT2D eigenvalue weighted by Gasteiger charge is 2.02. The first-order valence-corrected chi connectivity index (χ1v) is 7.01. The summed E-state index contributed by atoms with van der Waals surface area (Å²) in [5.74, 6) is 1.16. The summed E-state index contributed by atoms with van der Waals surface area (Å²) in [7, 11) is 0. The highest BCUT2D eigenvalue weighted by Crippen LogP contribution is 2.23. The van der Waals surface area contributed by atoms with Crippen molar-refractivity contribution < 1.29 is 9.53 Å². The molecule has 1 aromatic rings. The van der Waals surface area contributed by atoms with Gasteiger partial charge in [0, 0.05) is 5.75 Å². The SMILES string of the molecule is CCOC(=O)CSCc1csc(Br)c1. The molecule has 1 rings (SSSR count). The zero-order valence-corrected chi connectivity index (χ0v) is 11.0. The Morgan fingerprint density at radius 1 is 1.71 bits per heavy atom. The lowest BCUT2D eigenvalue weighted by Gasteiger charge is -2.00. The molecular weight excluding hydrogens is 284 g/mol. The molecule has 78 valence electrons. The minimum Gasteiger partial charge on any atom is -0.465 e. The van der Waals surface area contributed by atoms with E-state index >= 15 is 0 Å². The van der Waals surface area contributed by atoms with Crippen LogP contribution in [0, 0.1) is 0 Å². The van der Waals surface area contributed by atoms with E-state index in [4.69, 9.17) is 4.74 Å². The molecule has 0 unspecified atom stereocenters. The smallest absolute Gasteiger partial charge is 0.315 e. The summed E-state index contributed by atoms with van der Waals surface area (Å²) in [4.78, 5) is 11.0. The van der Waals surface area contributed by atoms with Gasteiger partial charge in [0.2, 0.25) is 0 Å². The van der Waals surface area contributed by atoms with Crippen LogP contribution in [0.3, 0.4) is 0 Å². The van der Waals surface area contributed by atoms with Crippen molar-refractivity contribution in [1.82, 2.24) is 0 Å². The number of rotatable bonds is 5. The van der Waals surface area contributed by atoms with Crippen molar-refractivity contribution >= 4 is 45.0 Å². The second kappa shape index (κ2) is 6.48. The van der Waals surface area contributed by atoms with Gasteiger partial charge in [-0.3, -0.25) is 4.79 Å². The second-order valence-electron chi connectivity index (χ2n) is 2.56. The van der Waals surface area contributed by atoms with E-state index in [0.717, 1.165) is 9.54 Å². The van der Waals surface area contributed by atoms with Gasteiger partial charge >= 0.3 is 5.97 Å². The molecule has 0 saturated heterocycles. The molecule has 0 fully saturated rings. The molecule has 0 aliphatic rings. The summed E-state index contributed by atoms with van der Waals surface area (Å²) in [6.07, 6.45) is 0. The summed E-state index contributed by atoms with van der Waals surface area (Å²) in [6, 6.07) is 2.07. The van der Waals surface area contributed by atoms with Crippen LogP contribution in [0.25, 0.3) is 0 Å². The van der Waals surface area contributed by atoms with Crippen LogP contribution in [0.2, 0.25) is 0 Å². The van der Waals surface area contributed by atoms with Gasteiger partial charge in [-0.25, -0.2) is 0 Å². The van der Waals surface area contributed by atoms with Gasteiger partial charge in [0.1, 0.15) is 0 Å². The third-order valence-corrected chi connectivity index (χ3v) is 3.95. The molecule has 14 heavy (non-hydrogen) atoms. The van der Waals surface area contributed by atoms with Gasteiger partial charge in [-0.05, 0) is 39.9 Å². The van der Waals surface area contributed by atoms with Crippen LogP contribution in [0.1, 0.15) is 12.5 Å². The Labute approximate surface area is 100 Å². The maximum atomic E-state index is 11.0. The fourth-order valence-electron chi connectivity index (χ4n) is 0.876. The van der Waals surface area contributed by atoms with E-state index in [1.54, 1.807) is 23.1 Å². The maximum absolute atomic E-state index is 11.0. The fraction of sp³-hybridized carbons (Fsp3) is 0.444. The van der Waals surface area contributed by atoms with Crippen LogP contribution in [0.5, 0.6) is 0 Å². The van der Waals surface area contributed by atoms with Crippen LogP contribution in [-0.4, -0.2) is 18.3 Å². The monoisotopic (exact) mass is 294 g/mol. The lowest BCUT2D eigenvalue weighted by atomic mass is 10.4. The van der Waals surface area contributed by atoms with Crippen LogP contribution >= 0.6 is 39.0 Å². The van der Waals surface area contributed by atoms with Gasteiger partial charge in [-0.2, -0.15) is 0 Å². The summed E-state index contributed by atoms with van der Waals surface area (Å²) >= 11 is 6.64. The minimum atomic E-state index is -0.133. The Morgan fingerprint density at radius 3 is 3.07 bits per heavy atom. The number of thiophene rings is 1. The second-order valence-corrected chi connectivity index (χ2v) is 5.83. The first-order valence-electron chi connectivity index (χ1n) is 4.18. The predicted octanol–water partition coefficient (Wildman–Crippen LogP) is 3.31. The average Bonchev–Trinajstić information content (AvgIpc) is 2.52. The van der Waals surface area contributed by atoms with E-state index in [0.29, 0.717) is 12.4 Å². The Bertz CT molecular complexity index is 299. The van der Waals surface area contributed by atoms with Gasteiger partial charge in [0.05, 0.1) is 16.1 Å². The van der Waals surface area contributed by atoms with Crippen molar-refractivity contribution in [1.29, 1.82) is 0 Å². The number of esters is 1. The van der Waals surface area contributed by atoms with Crippen molar-refractivity contribution in [3.63, 3.8) is 0 Å². The predicted molar refractivity (Wildman–Crippen MR) is 64.8 cm³/mol. The number of thioether (sulfide) groups is 1. The van der Waals surface area contributed by atoms with Crippen molar-refractivity contribution in [3.8, 4) is 0 Å². The third kappa shape index (κ3) is 4.48. The largest absolute Gasteiger partial charge is 0.465 e. The van der Waals surface area contributed by atoms with Gasteiger partial charge < -0.3 is 4.74 Å². The van der Waals surface area contributed by atoms with Gasteiger partial charge in [0.25, 0.3) is 0 Å². The van der Waals surface area contributed by atoms with Crippen molar-refractivity contribution in [2.24, 2.45) is 0 Å². The third-order valence-electron chi connectivity index (χ3n) is 1.42. The zero-order valence-electron chi connectivity index (χ0n) is 7.79. The Kier molecular flexibility index (Phi) is 5.59. The van der Waals surface area contributed by atoms with E-state index in [1.165, 1.54) is 5.56 Å². The number of halogens is 1. The molecule has 0 bridgehead atoms. The van der Waals surface area contributed by atoms with Gasteiger partial charge in [0.15, 0.2) is 0 Å². The highest BCUT2D eigenvalue weighted by atomic mass is 79.9. The lowest BCUT2D eigenvalue weighted by molar-refractivity contribution is -0.139. The topological polar surface area (TPSA) is 26.3 Å².